The van der Waals surface area contributed by atoms with Crippen LogP contribution in [-0.2, 0) is 9.84 Å². The van der Waals surface area contributed by atoms with E-state index < -0.39 is 9.84 Å². The van der Waals surface area contributed by atoms with Crippen LogP contribution >= 0.6 is 0 Å². The molecule has 2 rings (SSSR count). The van der Waals surface area contributed by atoms with Gasteiger partial charge in [0, 0.05) is 0 Å². The maximum atomic E-state index is 11.6. The van der Waals surface area contributed by atoms with Crippen LogP contribution in [0.15, 0.2) is 33.9 Å². The lowest BCUT2D eigenvalue weighted by Gasteiger charge is -2.03. The Kier molecular flexibility index (Phi) is 3.33. The number of aromatic nitrogens is 2. The van der Waals surface area contributed by atoms with Gasteiger partial charge in [-0.1, -0.05) is 24.2 Å². The third kappa shape index (κ3) is 2.21. The molecule has 0 atom stereocenters. The Labute approximate surface area is 105 Å². The molecular weight excluding hydrogens is 256 g/mol. The minimum atomic E-state index is -3.49. The third-order valence-corrected chi connectivity index (χ3v) is 3.85. The molecular formula is C11H12N2O4S. The van der Waals surface area contributed by atoms with Gasteiger partial charge in [-0.2, -0.15) is 0 Å². The van der Waals surface area contributed by atoms with E-state index in [1.165, 1.54) is 14.0 Å². The maximum absolute atomic E-state index is 11.6. The van der Waals surface area contributed by atoms with Crippen molar-refractivity contribution in [2.75, 3.05) is 12.9 Å². The van der Waals surface area contributed by atoms with E-state index >= 15 is 0 Å². The first-order valence-electron chi connectivity index (χ1n) is 5.28. The van der Waals surface area contributed by atoms with Crippen molar-refractivity contribution >= 4 is 9.84 Å². The molecule has 0 bridgehead atoms. The van der Waals surface area contributed by atoms with Gasteiger partial charge in [0.25, 0.3) is 5.89 Å². The Bertz CT molecular complexity index is 649. The third-order valence-electron chi connectivity index (χ3n) is 2.39. The lowest BCUT2D eigenvalue weighted by atomic mass is 10.2. The summed E-state index contributed by atoms with van der Waals surface area (Å²) in [7, 11) is -1.97. The van der Waals surface area contributed by atoms with Gasteiger partial charge in [0.05, 0.1) is 18.4 Å². The van der Waals surface area contributed by atoms with Gasteiger partial charge in [-0.15, -0.1) is 5.10 Å². The van der Waals surface area contributed by atoms with Gasteiger partial charge >= 0.3 is 5.22 Å². The molecule has 6 nitrogen and oxygen atoms in total. The number of methoxy groups -OCH3 is 1. The van der Waals surface area contributed by atoms with E-state index in [1.54, 1.807) is 24.3 Å². The molecule has 0 aliphatic heterocycles. The zero-order valence-corrected chi connectivity index (χ0v) is 10.8. The van der Waals surface area contributed by atoms with Crippen LogP contribution in [0.2, 0.25) is 0 Å². The molecule has 1 aromatic carbocycles. The fraction of sp³-hybridized carbons (Fsp3) is 0.273. The van der Waals surface area contributed by atoms with Crippen molar-refractivity contribution in [3.05, 3.63) is 24.3 Å². The summed E-state index contributed by atoms with van der Waals surface area (Å²) in [6.07, 6.45) is 0. The lowest BCUT2D eigenvalue weighted by Crippen LogP contribution is -2.03. The van der Waals surface area contributed by atoms with Gasteiger partial charge in [-0.05, 0) is 12.1 Å². The molecule has 0 radical (unpaired) electrons. The van der Waals surface area contributed by atoms with Crippen LogP contribution in [0.25, 0.3) is 11.5 Å². The van der Waals surface area contributed by atoms with Crippen LogP contribution in [0.3, 0.4) is 0 Å². The van der Waals surface area contributed by atoms with Crippen LogP contribution in [0.5, 0.6) is 5.75 Å². The van der Waals surface area contributed by atoms with Crippen molar-refractivity contribution in [3.63, 3.8) is 0 Å². The second-order valence-corrected chi connectivity index (χ2v) is 5.63. The van der Waals surface area contributed by atoms with E-state index in [2.05, 4.69) is 10.2 Å². The number of nitrogens with zero attached hydrogens (tertiary/aromatic N) is 2. The molecule has 0 aliphatic rings. The number of sulfone groups is 1. The second-order valence-electron chi connectivity index (χ2n) is 3.48. The topological polar surface area (TPSA) is 82.3 Å². The van der Waals surface area contributed by atoms with Crippen LogP contribution in [0.1, 0.15) is 6.92 Å². The normalized spacial score (nSPS) is 11.4. The van der Waals surface area contributed by atoms with Gasteiger partial charge in [-0.3, -0.25) is 0 Å². The van der Waals surface area contributed by atoms with E-state index in [0.29, 0.717) is 11.3 Å². The molecule has 0 unspecified atom stereocenters. The second kappa shape index (κ2) is 4.77. The van der Waals surface area contributed by atoms with Crippen molar-refractivity contribution in [1.82, 2.24) is 10.2 Å². The molecule has 1 heterocycles. The monoisotopic (exact) mass is 268 g/mol. The van der Waals surface area contributed by atoms with E-state index in [4.69, 9.17) is 9.15 Å². The zero-order valence-electron chi connectivity index (χ0n) is 9.95. The number of benzene rings is 1. The highest BCUT2D eigenvalue weighted by Gasteiger charge is 2.21. The Hall–Kier alpha value is -1.89. The smallest absolute Gasteiger partial charge is 0.335 e. The van der Waals surface area contributed by atoms with Crippen molar-refractivity contribution in [2.24, 2.45) is 0 Å². The highest BCUT2D eigenvalue weighted by atomic mass is 32.2. The van der Waals surface area contributed by atoms with E-state index in [-0.39, 0.29) is 16.9 Å². The average Bonchev–Trinajstić information content (AvgIpc) is 2.89. The van der Waals surface area contributed by atoms with Crippen molar-refractivity contribution in [1.29, 1.82) is 0 Å². The Morgan fingerprint density at radius 2 is 2.00 bits per heavy atom. The van der Waals surface area contributed by atoms with E-state index in [9.17, 15) is 8.42 Å². The van der Waals surface area contributed by atoms with Crippen molar-refractivity contribution in [3.8, 4) is 17.2 Å². The van der Waals surface area contributed by atoms with Gasteiger partial charge < -0.3 is 9.15 Å². The lowest BCUT2D eigenvalue weighted by molar-refractivity contribution is 0.409. The summed E-state index contributed by atoms with van der Waals surface area (Å²) in [5, 5.41) is 6.91. The first kappa shape index (κ1) is 12.6. The van der Waals surface area contributed by atoms with Gasteiger partial charge in [0.2, 0.25) is 9.84 Å². The summed E-state index contributed by atoms with van der Waals surface area (Å²) in [6, 6.07) is 7.01. The van der Waals surface area contributed by atoms with Crippen LogP contribution < -0.4 is 4.74 Å². The standard InChI is InChI=1S/C11H12N2O4S/c1-3-18(14,15)11-13-12-10(17-11)8-6-4-5-7-9(8)16-2/h4-7H,3H2,1-2H3. The molecule has 18 heavy (non-hydrogen) atoms. The molecule has 1 aromatic heterocycles. The summed E-state index contributed by atoms with van der Waals surface area (Å²) in [4.78, 5) is 0. The molecule has 0 spiro atoms. The quantitative estimate of drug-likeness (QED) is 0.836. The Morgan fingerprint density at radius 3 is 2.67 bits per heavy atom. The van der Waals surface area contributed by atoms with Crippen LogP contribution in [0, 0.1) is 0 Å². The number of hydrogen-bond acceptors (Lipinski definition) is 6. The molecule has 7 heteroatoms. The summed E-state index contributed by atoms with van der Waals surface area (Å²) in [6.45, 7) is 1.52. The zero-order chi connectivity index (χ0) is 13.2. The molecule has 0 saturated carbocycles. The van der Waals surface area contributed by atoms with E-state index in [1.807, 2.05) is 0 Å². The first-order chi connectivity index (χ1) is 8.58. The van der Waals surface area contributed by atoms with Crippen molar-refractivity contribution in [2.45, 2.75) is 12.1 Å². The molecule has 0 fully saturated rings. The number of para-hydroxylation sites is 1. The summed E-state index contributed by atoms with van der Waals surface area (Å²) in [5.74, 6) is 0.585. The highest BCUT2D eigenvalue weighted by molar-refractivity contribution is 7.91. The minimum absolute atomic E-state index is 0.0828. The number of ether oxygens (including phenoxy) is 1. The average molecular weight is 268 g/mol. The van der Waals surface area contributed by atoms with Crippen molar-refractivity contribution < 1.29 is 17.6 Å². The fourth-order valence-electron chi connectivity index (χ4n) is 1.39. The molecule has 2 aromatic rings. The molecule has 0 saturated heterocycles. The molecule has 96 valence electrons. The fourth-order valence-corrected chi connectivity index (χ4v) is 2.01. The van der Waals surface area contributed by atoms with Gasteiger partial charge in [-0.25, -0.2) is 8.42 Å². The van der Waals surface area contributed by atoms with Gasteiger partial charge in [0.15, 0.2) is 0 Å². The molecule has 0 amide bonds. The summed E-state index contributed by atoms with van der Waals surface area (Å²) < 4.78 is 33.5. The Balaban J connectivity index is 2.48. The Morgan fingerprint density at radius 1 is 1.28 bits per heavy atom. The SMILES string of the molecule is CCS(=O)(=O)c1nnc(-c2ccccc2OC)o1. The summed E-state index contributed by atoms with van der Waals surface area (Å²) in [5.41, 5.74) is 0.560. The maximum Gasteiger partial charge on any atom is 0.335 e. The predicted octanol–water partition coefficient (Wildman–Crippen LogP) is 1.54. The molecule has 0 N–H and O–H groups in total. The van der Waals surface area contributed by atoms with Crippen LogP contribution in [-0.4, -0.2) is 31.5 Å². The first-order valence-corrected chi connectivity index (χ1v) is 6.93. The highest BCUT2D eigenvalue weighted by Crippen LogP contribution is 2.29. The van der Waals surface area contributed by atoms with Gasteiger partial charge in [0.1, 0.15) is 5.75 Å². The predicted molar refractivity (Wildman–Crippen MR) is 64.0 cm³/mol. The van der Waals surface area contributed by atoms with Crippen LogP contribution in [0.4, 0.5) is 0 Å². The minimum Gasteiger partial charge on any atom is -0.496 e. The number of rotatable bonds is 4. The number of hydrogen-bond donors (Lipinski definition) is 0. The van der Waals surface area contributed by atoms with E-state index in [0.717, 1.165) is 0 Å². The largest absolute Gasteiger partial charge is 0.496 e. The summed E-state index contributed by atoms with van der Waals surface area (Å²) >= 11 is 0. The molecule has 0 aliphatic carbocycles.